The van der Waals surface area contributed by atoms with E-state index in [-0.39, 0.29) is 22.0 Å². The van der Waals surface area contributed by atoms with E-state index < -0.39 is 15.9 Å². The molecule has 0 radical (unpaired) electrons. The number of hydrogen-bond acceptors (Lipinski definition) is 6. The minimum absolute atomic E-state index is 0.0480. The van der Waals surface area contributed by atoms with E-state index in [1.54, 1.807) is 11.6 Å². The van der Waals surface area contributed by atoms with Crippen LogP contribution in [0.3, 0.4) is 0 Å². The average molecular weight is 470 g/mol. The highest BCUT2D eigenvalue weighted by Gasteiger charge is 2.30. The van der Waals surface area contributed by atoms with Gasteiger partial charge in [-0.2, -0.15) is 13.5 Å². The maximum atomic E-state index is 13.3. The van der Waals surface area contributed by atoms with Crippen LogP contribution in [-0.2, 0) is 22.0 Å². The van der Waals surface area contributed by atoms with Crippen LogP contribution in [0.4, 0.5) is 5.82 Å². The standard InChI is InChI=1S/C24H31N5O3S/c1-14-11-15(2)18(16(3)12-14)13-29-21(17(4)22(27-29)24(5,6)7)23(30)28-33(31,32)20-10-8-9-19(25)26-20/h8-12H,13H2,1-7H3,(H2,25,26)(H,28,30). The lowest BCUT2D eigenvalue weighted by atomic mass is 9.89. The van der Waals surface area contributed by atoms with E-state index in [1.165, 1.54) is 18.2 Å². The molecule has 0 aliphatic carbocycles. The number of carbonyl (C=O) groups is 1. The number of benzene rings is 1. The van der Waals surface area contributed by atoms with Gasteiger partial charge in [0.2, 0.25) is 0 Å². The summed E-state index contributed by atoms with van der Waals surface area (Å²) in [6, 6.07) is 8.40. The van der Waals surface area contributed by atoms with Crippen molar-refractivity contribution in [3.05, 3.63) is 69.5 Å². The Balaban J connectivity index is 2.09. The molecule has 176 valence electrons. The van der Waals surface area contributed by atoms with Crippen molar-refractivity contribution in [2.24, 2.45) is 0 Å². The van der Waals surface area contributed by atoms with Crippen LogP contribution in [0.15, 0.2) is 35.4 Å². The molecule has 0 atom stereocenters. The van der Waals surface area contributed by atoms with Gasteiger partial charge < -0.3 is 5.73 Å². The van der Waals surface area contributed by atoms with Gasteiger partial charge in [0, 0.05) is 11.0 Å². The first-order valence-corrected chi connectivity index (χ1v) is 12.1. The van der Waals surface area contributed by atoms with E-state index >= 15 is 0 Å². The Morgan fingerprint density at radius 3 is 2.24 bits per heavy atom. The number of aryl methyl sites for hydroxylation is 3. The number of sulfonamides is 1. The average Bonchev–Trinajstić information content (AvgIpc) is 3.00. The van der Waals surface area contributed by atoms with Crippen molar-refractivity contribution in [3.8, 4) is 0 Å². The summed E-state index contributed by atoms with van der Waals surface area (Å²) in [6.45, 7) is 14.2. The number of nitrogens with one attached hydrogen (secondary N) is 1. The summed E-state index contributed by atoms with van der Waals surface area (Å²) in [5.74, 6) is -0.714. The summed E-state index contributed by atoms with van der Waals surface area (Å²) >= 11 is 0. The molecule has 0 unspecified atom stereocenters. The number of amides is 1. The van der Waals surface area contributed by atoms with E-state index in [4.69, 9.17) is 10.8 Å². The SMILES string of the molecule is Cc1cc(C)c(Cn2nc(C(C)(C)C)c(C)c2C(=O)NS(=O)(=O)c2cccc(N)n2)c(C)c1. The summed E-state index contributed by atoms with van der Waals surface area (Å²) in [5.41, 5.74) is 11.2. The van der Waals surface area contributed by atoms with Gasteiger partial charge in [0.05, 0.1) is 12.2 Å². The number of rotatable bonds is 5. The van der Waals surface area contributed by atoms with Crippen molar-refractivity contribution in [2.75, 3.05) is 5.73 Å². The van der Waals surface area contributed by atoms with Crippen molar-refractivity contribution in [2.45, 2.75) is 65.5 Å². The third-order valence-electron chi connectivity index (χ3n) is 5.51. The van der Waals surface area contributed by atoms with Gasteiger partial charge in [-0.1, -0.05) is 44.5 Å². The summed E-state index contributed by atoms with van der Waals surface area (Å²) in [4.78, 5) is 17.1. The second-order valence-electron chi connectivity index (χ2n) is 9.44. The summed E-state index contributed by atoms with van der Waals surface area (Å²) < 4.78 is 29.4. The summed E-state index contributed by atoms with van der Waals surface area (Å²) in [6.07, 6.45) is 0. The molecule has 2 heterocycles. The van der Waals surface area contributed by atoms with Crippen molar-refractivity contribution in [1.29, 1.82) is 0 Å². The van der Waals surface area contributed by atoms with Crippen molar-refractivity contribution >= 4 is 21.7 Å². The first-order chi connectivity index (χ1) is 15.2. The second kappa shape index (κ2) is 8.62. The van der Waals surface area contributed by atoms with E-state index in [2.05, 4.69) is 21.8 Å². The second-order valence-corrected chi connectivity index (χ2v) is 11.1. The lowest BCUT2D eigenvalue weighted by Gasteiger charge is -2.16. The van der Waals surface area contributed by atoms with Gasteiger partial charge in [0.1, 0.15) is 11.5 Å². The number of anilines is 1. The first kappa shape index (κ1) is 24.4. The number of aromatic nitrogens is 3. The normalized spacial score (nSPS) is 12.1. The zero-order chi connectivity index (χ0) is 24.7. The van der Waals surface area contributed by atoms with Crippen LogP contribution in [0, 0.1) is 27.7 Å². The zero-order valence-corrected chi connectivity index (χ0v) is 21.0. The fraction of sp³-hybridized carbons (Fsp3) is 0.375. The maximum absolute atomic E-state index is 13.3. The highest BCUT2D eigenvalue weighted by molar-refractivity contribution is 7.90. The number of nitrogen functional groups attached to an aromatic ring is 1. The molecule has 3 aromatic rings. The molecule has 1 aromatic carbocycles. The van der Waals surface area contributed by atoms with Crippen LogP contribution in [0.25, 0.3) is 0 Å². The van der Waals surface area contributed by atoms with Gasteiger partial charge in [-0.3, -0.25) is 9.48 Å². The van der Waals surface area contributed by atoms with Crippen LogP contribution in [-0.4, -0.2) is 29.1 Å². The minimum atomic E-state index is -4.22. The van der Waals surface area contributed by atoms with Gasteiger partial charge in [-0.05, 0) is 56.5 Å². The number of hydrogen-bond donors (Lipinski definition) is 2. The Hall–Kier alpha value is -3.20. The lowest BCUT2D eigenvalue weighted by molar-refractivity contribution is 0.0970. The van der Waals surface area contributed by atoms with Gasteiger partial charge in [0.25, 0.3) is 15.9 Å². The largest absolute Gasteiger partial charge is 0.384 e. The topological polar surface area (TPSA) is 120 Å². The molecular formula is C24H31N5O3S. The van der Waals surface area contributed by atoms with E-state index in [0.29, 0.717) is 12.1 Å². The highest BCUT2D eigenvalue weighted by atomic mass is 32.2. The van der Waals surface area contributed by atoms with Crippen LogP contribution in [0.2, 0.25) is 0 Å². The van der Waals surface area contributed by atoms with Gasteiger partial charge in [-0.25, -0.2) is 9.71 Å². The quantitative estimate of drug-likeness (QED) is 0.590. The molecule has 0 bridgehead atoms. The van der Waals surface area contributed by atoms with E-state index in [1.807, 2.05) is 41.5 Å². The molecule has 3 rings (SSSR count). The Bertz CT molecular complexity index is 1310. The molecule has 8 nitrogen and oxygen atoms in total. The predicted octanol–water partition coefficient (Wildman–Crippen LogP) is 3.56. The van der Waals surface area contributed by atoms with E-state index in [0.717, 1.165) is 27.9 Å². The summed E-state index contributed by atoms with van der Waals surface area (Å²) in [7, 11) is -4.22. The molecule has 33 heavy (non-hydrogen) atoms. The maximum Gasteiger partial charge on any atom is 0.283 e. The molecule has 0 aliphatic rings. The molecule has 3 N–H and O–H groups in total. The lowest BCUT2D eigenvalue weighted by Crippen LogP contribution is -2.33. The third kappa shape index (κ3) is 5.08. The number of nitrogens with two attached hydrogens (primary N) is 1. The van der Waals surface area contributed by atoms with Gasteiger partial charge in [0.15, 0.2) is 5.03 Å². The number of pyridine rings is 1. The number of carbonyl (C=O) groups excluding carboxylic acids is 1. The zero-order valence-electron chi connectivity index (χ0n) is 20.1. The van der Waals surface area contributed by atoms with Crippen LogP contribution >= 0.6 is 0 Å². The molecule has 2 aromatic heterocycles. The Labute approximate surface area is 195 Å². The predicted molar refractivity (Wildman–Crippen MR) is 129 cm³/mol. The molecule has 0 saturated heterocycles. The van der Waals surface area contributed by atoms with E-state index in [9.17, 15) is 13.2 Å². The molecule has 1 amide bonds. The molecule has 0 saturated carbocycles. The first-order valence-electron chi connectivity index (χ1n) is 10.6. The monoisotopic (exact) mass is 469 g/mol. The van der Waals surface area contributed by atoms with Crippen molar-refractivity contribution in [3.63, 3.8) is 0 Å². The third-order valence-corrected chi connectivity index (χ3v) is 6.74. The molecule has 0 fully saturated rings. The Morgan fingerprint density at radius 2 is 1.70 bits per heavy atom. The smallest absolute Gasteiger partial charge is 0.283 e. The fourth-order valence-electron chi connectivity index (χ4n) is 4.08. The van der Waals surface area contributed by atoms with Crippen molar-refractivity contribution < 1.29 is 13.2 Å². The van der Waals surface area contributed by atoms with Crippen LogP contribution in [0.5, 0.6) is 0 Å². The Kier molecular flexibility index (Phi) is 6.39. The molecule has 0 spiro atoms. The van der Waals surface area contributed by atoms with Gasteiger partial charge in [-0.15, -0.1) is 0 Å². The summed E-state index contributed by atoms with van der Waals surface area (Å²) in [5, 5.41) is 4.43. The highest BCUT2D eigenvalue weighted by Crippen LogP contribution is 2.28. The molecular weight excluding hydrogens is 438 g/mol. The van der Waals surface area contributed by atoms with Crippen molar-refractivity contribution in [1.82, 2.24) is 19.5 Å². The minimum Gasteiger partial charge on any atom is -0.384 e. The van der Waals surface area contributed by atoms with Crippen LogP contribution in [0.1, 0.15) is 64.8 Å². The van der Waals surface area contributed by atoms with Crippen LogP contribution < -0.4 is 10.5 Å². The van der Waals surface area contributed by atoms with Gasteiger partial charge >= 0.3 is 0 Å². The molecule has 0 aliphatic heterocycles. The Morgan fingerprint density at radius 1 is 1.09 bits per heavy atom. The number of nitrogens with zero attached hydrogens (tertiary/aromatic N) is 3. The fourth-order valence-corrected chi connectivity index (χ4v) is 5.01. The molecule has 9 heteroatoms.